The standard InChI is InChI=1S/C17H17ClN2O3S/c18-14-5-9-16(10-6-14)24(22,23)19-17(21)13-3-7-15(8-4-13)20-11-1-2-12-20/h3-10H,1-2,11-12H2,(H,19,21). The summed E-state index contributed by atoms with van der Waals surface area (Å²) in [7, 11) is -3.92. The number of amides is 1. The molecule has 1 amide bonds. The first-order valence-electron chi connectivity index (χ1n) is 7.63. The number of rotatable bonds is 4. The molecular formula is C17H17ClN2O3S. The van der Waals surface area contributed by atoms with Gasteiger partial charge in [-0.15, -0.1) is 0 Å². The van der Waals surface area contributed by atoms with Crippen molar-refractivity contribution >= 4 is 33.2 Å². The number of nitrogens with zero attached hydrogens (tertiary/aromatic N) is 1. The van der Waals surface area contributed by atoms with Gasteiger partial charge in [0.15, 0.2) is 0 Å². The predicted molar refractivity (Wildman–Crippen MR) is 94.0 cm³/mol. The molecule has 5 nitrogen and oxygen atoms in total. The smallest absolute Gasteiger partial charge is 0.264 e. The Hall–Kier alpha value is -2.05. The summed E-state index contributed by atoms with van der Waals surface area (Å²) in [5.74, 6) is -0.655. The second kappa shape index (κ2) is 6.83. The van der Waals surface area contributed by atoms with Crippen LogP contribution in [-0.2, 0) is 10.0 Å². The van der Waals surface area contributed by atoms with Gasteiger partial charge in [-0.2, -0.15) is 0 Å². The monoisotopic (exact) mass is 364 g/mol. The Kier molecular flexibility index (Phi) is 4.78. The average molecular weight is 365 g/mol. The van der Waals surface area contributed by atoms with Crippen LogP contribution in [0.4, 0.5) is 5.69 Å². The van der Waals surface area contributed by atoms with Gasteiger partial charge in [-0.3, -0.25) is 4.79 Å². The molecule has 0 aromatic heterocycles. The zero-order valence-corrected chi connectivity index (χ0v) is 14.5. The van der Waals surface area contributed by atoms with E-state index in [4.69, 9.17) is 11.6 Å². The lowest BCUT2D eigenvalue weighted by Crippen LogP contribution is -2.30. The lowest BCUT2D eigenvalue weighted by Gasteiger charge is -2.17. The van der Waals surface area contributed by atoms with Crippen LogP contribution in [0.3, 0.4) is 0 Å². The highest BCUT2D eigenvalue weighted by molar-refractivity contribution is 7.90. The molecule has 126 valence electrons. The van der Waals surface area contributed by atoms with Crippen LogP contribution in [0.15, 0.2) is 53.4 Å². The molecule has 1 fully saturated rings. The third-order valence-corrected chi connectivity index (χ3v) is 5.55. The molecule has 0 bridgehead atoms. The molecule has 0 radical (unpaired) electrons. The predicted octanol–water partition coefficient (Wildman–Crippen LogP) is 3.06. The van der Waals surface area contributed by atoms with E-state index in [-0.39, 0.29) is 4.90 Å². The van der Waals surface area contributed by atoms with E-state index >= 15 is 0 Å². The fourth-order valence-electron chi connectivity index (χ4n) is 2.65. The van der Waals surface area contributed by atoms with Crippen LogP contribution in [-0.4, -0.2) is 27.4 Å². The number of anilines is 1. The van der Waals surface area contributed by atoms with Crippen molar-refractivity contribution in [2.75, 3.05) is 18.0 Å². The molecule has 7 heteroatoms. The molecule has 1 saturated heterocycles. The summed E-state index contributed by atoms with van der Waals surface area (Å²) >= 11 is 5.75. The first-order chi connectivity index (χ1) is 11.5. The van der Waals surface area contributed by atoms with Crippen molar-refractivity contribution in [3.63, 3.8) is 0 Å². The van der Waals surface area contributed by atoms with E-state index in [1.807, 2.05) is 12.1 Å². The fourth-order valence-corrected chi connectivity index (χ4v) is 3.75. The molecule has 2 aromatic carbocycles. The number of halogens is 1. The van der Waals surface area contributed by atoms with E-state index in [0.29, 0.717) is 10.6 Å². The van der Waals surface area contributed by atoms with Crippen LogP contribution in [0.2, 0.25) is 5.02 Å². The molecule has 24 heavy (non-hydrogen) atoms. The maximum Gasteiger partial charge on any atom is 0.264 e. The van der Waals surface area contributed by atoms with Gasteiger partial charge in [0.2, 0.25) is 0 Å². The number of hydrogen-bond acceptors (Lipinski definition) is 4. The SMILES string of the molecule is O=C(NS(=O)(=O)c1ccc(Cl)cc1)c1ccc(N2CCCC2)cc1. The molecule has 1 N–H and O–H groups in total. The van der Waals surface area contributed by atoms with Crippen molar-refractivity contribution in [2.24, 2.45) is 0 Å². The van der Waals surface area contributed by atoms with Crippen LogP contribution in [0.5, 0.6) is 0 Å². The maximum atomic E-state index is 12.2. The molecule has 0 spiro atoms. The highest BCUT2D eigenvalue weighted by atomic mass is 35.5. The Morgan fingerprint density at radius 3 is 2.12 bits per heavy atom. The van der Waals surface area contributed by atoms with Gasteiger partial charge in [-0.25, -0.2) is 13.1 Å². The third kappa shape index (κ3) is 3.71. The van der Waals surface area contributed by atoms with Crippen molar-refractivity contribution in [1.29, 1.82) is 0 Å². The Morgan fingerprint density at radius 1 is 0.958 bits per heavy atom. The zero-order valence-electron chi connectivity index (χ0n) is 12.9. The van der Waals surface area contributed by atoms with Crippen LogP contribution in [0.1, 0.15) is 23.2 Å². The van der Waals surface area contributed by atoms with Gasteiger partial charge in [0, 0.05) is 29.4 Å². The molecule has 1 heterocycles. The average Bonchev–Trinajstić information content (AvgIpc) is 3.09. The van der Waals surface area contributed by atoms with Gasteiger partial charge in [0.05, 0.1) is 4.90 Å². The topological polar surface area (TPSA) is 66.5 Å². The van der Waals surface area contributed by atoms with Gasteiger partial charge in [0.25, 0.3) is 15.9 Å². The van der Waals surface area contributed by atoms with E-state index in [9.17, 15) is 13.2 Å². The van der Waals surface area contributed by atoms with Crippen molar-refractivity contribution < 1.29 is 13.2 Å². The Morgan fingerprint density at radius 2 is 1.54 bits per heavy atom. The maximum absolute atomic E-state index is 12.2. The number of sulfonamides is 1. The summed E-state index contributed by atoms with van der Waals surface area (Å²) in [4.78, 5) is 14.4. The molecular weight excluding hydrogens is 348 g/mol. The molecule has 0 unspecified atom stereocenters. The molecule has 1 aliphatic rings. The summed E-state index contributed by atoms with van der Waals surface area (Å²) in [6, 6.07) is 12.6. The van der Waals surface area contributed by atoms with Crippen molar-refractivity contribution in [3.05, 3.63) is 59.1 Å². The Labute approximate surface area is 146 Å². The minimum atomic E-state index is -3.92. The summed E-state index contributed by atoms with van der Waals surface area (Å²) in [5.41, 5.74) is 1.35. The first kappa shape index (κ1) is 16.8. The molecule has 0 saturated carbocycles. The molecule has 3 rings (SSSR count). The molecule has 0 atom stereocenters. The highest BCUT2D eigenvalue weighted by Gasteiger charge is 2.19. The normalized spacial score (nSPS) is 14.6. The number of carbonyl (C=O) groups is 1. The van der Waals surface area contributed by atoms with Crippen LogP contribution >= 0.6 is 11.6 Å². The van der Waals surface area contributed by atoms with Crippen LogP contribution in [0.25, 0.3) is 0 Å². The van der Waals surface area contributed by atoms with Crippen LogP contribution < -0.4 is 9.62 Å². The molecule has 2 aromatic rings. The van der Waals surface area contributed by atoms with E-state index in [1.54, 1.807) is 12.1 Å². The second-order valence-electron chi connectivity index (χ2n) is 5.63. The zero-order chi connectivity index (χ0) is 17.2. The lowest BCUT2D eigenvalue weighted by atomic mass is 10.2. The lowest BCUT2D eigenvalue weighted by molar-refractivity contribution is 0.0981. The quantitative estimate of drug-likeness (QED) is 0.905. The summed E-state index contributed by atoms with van der Waals surface area (Å²) in [6.45, 7) is 2.02. The van der Waals surface area contributed by atoms with E-state index in [0.717, 1.165) is 18.8 Å². The second-order valence-corrected chi connectivity index (χ2v) is 7.75. The van der Waals surface area contributed by atoms with E-state index < -0.39 is 15.9 Å². The summed E-state index contributed by atoms with van der Waals surface area (Å²) < 4.78 is 26.5. The largest absolute Gasteiger partial charge is 0.372 e. The fraction of sp³-hybridized carbons (Fsp3) is 0.235. The first-order valence-corrected chi connectivity index (χ1v) is 9.49. The minimum absolute atomic E-state index is 0.00561. The van der Waals surface area contributed by atoms with Gasteiger partial charge < -0.3 is 4.90 Å². The molecule has 0 aliphatic carbocycles. The highest BCUT2D eigenvalue weighted by Crippen LogP contribution is 2.21. The van der Waals surface area contributed by atoms with Crippen molar-refractivity contribution in [1.82, 2.24) is 4.72 Å². The minimum Gasteiger partial charge on any atom is -0.372 e. The van der Waals surface area contributed by atoms with Gasteiger partial charge in [0.1, 0.15) is 0 Å². The number of carbonyl (C=O) groups excluding carboxylic acids is 1. The third-order valence-electron chi connectivity index (χ3n) is 3.95. The molecule has 1 aliphatic heterocycles. The Bertz CT molecular complexity index is 827. The summed E-state index contributed by atoms with van der Waals surface area (Å²) in [6.07, 6.45) is 2.34. The van der Waals surface area contributed by atoms with E-state index in [1.165, 1.54) is 37.1 Å². The summed E-state index contributed by atoms with van der Waals surface area (Å²) in [5, 5.41) is 0.428. The van der Waals surface area contributed by atoms with Gasteiger partial charge >= 0.3 is 0 Å². The number of benzene rings is 2. The number of hydrogen-bond donors (Lipinski definition) is 1. The van der Waals surface area contributed by atoms with Crippen LogP contribution in [0, 0.1) is 0 Å². The Balaban J connectivity index is 1.73. The van der Waals surface area contributed by atoms with Gasteiger partial charge in [-0.1, -0.05) is 11.6 Å². The number of nitrogens with one attached hydrogen (secondary N) is 1. The van der Waals surface area contributed by atoms with Crippen molar-refractivity contribution in [2.45, 2.75) is 17.7 Å². The van der Waals surface area contributed by atoms with Gasteiger partial charge in [-0.05, 0) is 61.4 Å². The van der Waals surface area contributed by atoms with Crippen molar-refractivity contribution in [3.8, 4) is 0 Å². The van der Waals surface area contributed by atoms with E-state index in [2.05, 4.69) is 9.62 Å².